The van der Waals surface area contributed by atoms with Crippen molar-refractivity contribution in [2.75, 3.05) is 0 Å². The van der Waals surface area contributed by atoms with Crippen molar-refractivity contribution in [3.8, 4) is 0 Å². The first-order valence-corrected chi connectivity index (χ1v) is 5.40. The minimum atomic E-state index is -0.426. The highest BCUT2D eigenvalue weighted by molar-refractivity contribution is 5.24. The van der Waals surface area contributed by atoms with Crippen LogP contribution < -0.4 is 5.73 Å². The van der Waals surface area contributed by atoms with Gasteiger partial charge in [0.05, 0.1) is 6.54 Å². The summed E-state index contributed by atoms with van der Waals surface area (Å²) in [4.78, 5) is 0. The molecule has 2 N–H and O–H groups in total. The predicted molar refractivity (Wildman–Crippen MR) is 62.5 cm³/mol. The Labute approximate surface area is 98.7 Å². The molecule has 90 valence electrons. The van der Waals surface area contributed by atoms with Crippen LogP contribution in [0.4, 0.5) is 8.78 Å². The van der Waals surface area contributed by atoms with Gasteiger partial charge in [0.1, 0.15) is 11.6 Å². The third kappa shape index (κ3) is 2.36. The fourth-order valence-corrected chi connectivity index (χ4v) is 1.83. The van der Waals surface area contributed by atoms with Crippen molar-refractivity contribution in [3.05, 3.63) is 58.9 Å². The Bertz CT molecular complexity index is 532. The molecule has 0 fully saturated rings. The van der Waals surface area contributed by atoms with E-state index in [0.717, 1.165) is 23.4 Å². The topological polar surface area (TPSA) is 30.9 Å². The van der Waals surface area contributed by atoms with E-state index in [1.54, 1.807) is 0 Å². The van der Waals surface area contributed by atoms with Crippen LogP contribution in [-0.2, 0) is 13.1 Å². The minimum absolute atomic E-state index is 0.315. The van der Waals surface area contributed by atoms with Crippen molar-refractivity contribution in [1.29, 1.82) is 0 Å². The minimum Gasteiger partial charge on any atom is -0.347 e. The van der Waals surface area contributed by atoms with E-state index in [-0.39, 0.29) is 0 Å². The lowest BCUT2D eigenvalue weighted by Crippen LogP contribution is -2.05. The molecule has 0 bridgehead atoms. The fourth-order valence-electron chi connectivity index (χ4n) is 1.83. The van der Waals surface area contributed by atoms with Gasteiger partial charge in [0.2, 0.25) is 0 Å². The van der Waals surface area contributed by atoms with Gasteiger partial charge in [-0.05, 0) is 36.8 Å². The molecule has 2 rings (SSSR count). The first-order valence-electron chi connectivity index (χ1n) is 5.40. The van der Waals surface area contributed by atoms with E-state index < -0.39 is 11.6 Å². The maximum Gasteiger partial charge on any atom is 0.128 e. The zero-order valence-corrected chi connectivity index (χ0v) is 9.58. The van der Waals surface area contributed by atoms with E-state index in [0.29, 0.717) is 18.7 Å². The number of rotatable bonds is 3. The second-order valence-electron chi connectivity index (χ2n) is 3.99. The van der Waals surface area contributed by atoms with Crippen LogP contribution >= 0.6 is 0 Å². The van der Waals surface area contributed by atoms with Gasteiger partial charge in [0.15, 0.2) is 0 Å². The smallest absolute Gasteiger partial charge is 0.128 e. The van der Waals surface area contributed by atoms with Crippen molar-refractivity contribution in [2.45, 2.75) is 20.0 Å². The molecule has 1 heterocycles. The Morgan fingerprint density at radius 2 is 1.94 bits per heavy atom. The fraction of sp³-hybridized carbons (Fsp3) is 0.231. The third-order valence-corrected chi connectivity index (χ3v) is 2.92. The normalized spacial score (nSPS) is 10.8. The van der Waals surface area contributed by atoms with Crippen LogP contribution in [0, 0.1) is 18.6 Å². The molecule has 0 spiro atoms. The maximum atomic E-state index is 13.5. The molecule has 0 aliphatic rings. The predicted octanol–water partition coefficient (Wildman–Crippen LogP) is 2.58. The molecule has 2 aromatic rings. The summed E-state index contributed by atoms with van der Waals surface area (Å²) in [5, 5.41) is 0. The molecular weight excluding hydrogens is 222 g/mol. The lowest BCUT2D eigenvalue weighted by atomic mass is 10.2. The molecule has 4 heteroatoms. The molecule has 0 aliphatic heterocycles. The molecular formula is C13H14F2N2. The van der Waals surface area contributed by atoms with Crippen LogP contribution in [0.1, 0.15) is 16.8 Å². The summed E-state index contributed by atoms with van der Waals surface area (Å²) in [6.45, 7) is 2.68. The molecule has 0 atom stereocenters. The number of hydrogen-bond donors (Lipinski definition) is 1. The molecule has 0 radical (unpaired) electrons. The van der Waals surface area contributed by atoms with E-state index in [1.807, 2.05) is 23.8 Å². The van der Waals surface area contributed by atoms with Crippen molar-refractivity contribution < 1.29 is 8.78 Å². The van der Waals surface area contributed by atoms with Crippen molar-refractivity contribution in [1.82, 2.24) is 4.57 Å². The summed E-state index contributed by atoms with van der Waals surface area (Å²) in [5.41, 5.74) is 7.90. The molecule has 0 aliphatic carbocycles. The van der Waals surface area contributed by atoms with Gasteiger partial charge in [-0.3, -0.25) is 0 Å². The molecule has 2 nitrogen and oxygen atoms in total. The van der Waals surface area contributed by atoms with Gasteiger partial charge >= 0.3 is 0 Å². The molecule has 1 aromatic heterocycles. The summed E-state index contributed by atoms with van der Waals surface area (Å²) in [6, 6.07) is 5.38. The van der Waals surface area contributed by atoms with Crippen LogP contribution in [0.25, 0.3) is 0 Å². The number of aromatic nitrogens is 1. The zero-order chi connectivity index (χ0) is 12.4. The van der Waals surface area contributed by atoms with Crippen molar-refractivity contribution in [2.24, 2.45) is 5.73 Å². The van der Waals surface area contributed by atoms with Crippen molar-refractivity contribution >= 4 is 0 Å². The third-order valence-electron chi connectivity index (χ3n) is 2.92. The number of nitrogens with zero attached hydrogens (tertiary/aromatic N) is 1. The second-order valence-corrected chi connectivity index (χ2v) is 3.99. The van der Waals surface area contributed by atoms with E-state index in [2.05, 4.69) is 0 Å². The number of benzene rings is 1. The first kappa shape index (κ1) is 11.8. The van der Waals surface area contributed by atoms with Crippen LogP contribution in [0.5, 0.6) is 0 Å². The second kappa shape index (κ2) is 4.67. The Morgan fingerprint density at radius 1 is 1.18 bits per heavy atom. The monoisotopic (exact) mass is 236 g/mol. The average Bonchev–Trinajstić information content (AvgIpc) is 2.65. The zero-order valence-electron chi connectivity index (χ0n) is 9.58. The largest absolute Gasteiger partial charge is 0.347 e. The van der Waals surface area contributed by atoms with Gasteiger partial charge in [-0.1, -0.05) is 0 Å². The summed E-state index contributed by atoms with van der Waals surface area (Å²) >= 11 is 0. The summed E-state index contributed by atoms with van der Waals surface area (Å²) in [5.74, 6) is -0.820. The standard InChI is InChI=1S/C13H14F2N2/c1-9-10(7-16)4-5-17(9)8-11-6-12(14)2-3-13(11)15/h2-6H,7-8,16H2,1H3. The quantitative estimate of drug-likeness (QED) is 0.872. The van der Waals surface area contributed by atoms with E-state index >= 15 is 0 Å². The van der Waals surface area contributed by atoms with Crippen LogP contribution in [-0.4, -0.2) is 4.57 Å². The molecule has 17 heavy (non-hydrogen) atoms. The molecule has 1 aromatic carbocycles. The molecule has 0 saturated carbocycles. The summed E-state index contributed by atoms with van der Waals surface area (Å²) in [7, 11) is 0. The number of nitrogens with two attached hydrogens (primary N) is 1. The Kier molecular flexibility index (Phi) is 3.24. The highest BCUT2D eigenvalue weighted by atomic mass is 19.1. The number of hydrogen-bond acceptors (Lipinski definition) is 1. The van der Waals surface area contributed by atoms with Crippen LogP contribution in [0.3, 0.4) is 0 Å². The number of halogens is 2. The van der Waals surface area contributed by atoms with E-state index in [1.165, 1.54) is 6.07 Å². The average molecular weight is 236 g/mol. The van der Waals surface area contributed by atoms with Gasteiger partial charge in [-0.2, -0.15) is 0 Å². The van der Waals surface area contributed by atoms with E-state index in [4.69, 9.17) is 5.73 Å². The summed E-state index contributed by atoms with van der Waals surface area (Å²) < 4.78 is 28.4. The molecule has 0 unspecified atom stereocenters. The van der Waals surface area contributed by atoms with Crippen LogP contribution in [0.2, 0.25) is 0 Å². The van der Waals surface area contributed by atoms with Gasteiger partial charge < -0.3 is 10.3 Å². The first-order chi connectivity index (χ1) is 8.11. The highest BCUT2D eigenvalue weighted by Crippen LogP contribution is 2.15. The molecule has 0 saturated heterocycles. The van der Waals surface area contributed by atoms with Gasteiger partial charge in [-0.15, -0.1) is 0 Å². The summed E-state index contributed by atoms with van der Waals surface area (Å²) in [6.07, 6.45) is 1.84. The lowest BCUT2D eigenvalue weighted by Gasteiger charge is -2.08. The Morgan fingerprint density at radius 3 is 2.59 bits per heavy atom. The van der Waals surface area contributed by atoms with Crippen molar-refractivity contribution in [3.63, 3.8) is 0 Å². The Balaban J connectivity index is 2.31. The Hall–Kier alpha value is -1.68. The highest BCUT2D eigenvalue weighted by Gasteiger charge is 2.07. The van der Waals surface area contributed by atoms with Gasteiger partial charge in [-0.25, -0.2) is 8.78 Å². The molecule has 0 amide bonds. The lowest BCUT2D eigenvalue weighted by molar-refractivity contribution is 0.575. The van der Waals surface area contributed by atoms with E-state index in [9.17, 15) is 8.78 Å². The van der Waals surface area contributed by atoms with Crippen LogP contribution in [0.15, 0.2) is 30.5 Å². The van der Waals surface area contributed by atoms with Gasteiger partial charge in [0.25, 0.3) is 0 Å². The SMILES string of the molecule is Cc1c(CN)ccn1Cc1cc(F)ccc1F. The van der Waals surface area contributed by atoms with Gasteiger partial charge in [0, 0.05) is 24.0 Å². The maximum absolute atomic E-state index is 13.5.